The third-order valence-electron chi connectivity index (χ3n) is 18.3. The number of hydrogen-bond acceptors (Lipinski definition) is 0. The first kappa shape index (κ1) is 41.0. The number of nitrogens with zero attached hydrogens (tertiary/aromatic N) is 2. The molecule has 3 heteroatoms. The molecule has 2 aliphatic carbocycles. The average Bonchev–Trinajstić information content (AvgIpc) is 3.98. The van der Waals surface area contributed by atoms with Gasteiger partial charge in [-0.05, 0) is 124 Å². The minimum absolute atomic E-state index is 0.0122. The van der Waals surface area contributed by atoms with E-state index in [2.05, 4.69) is 230 Å². The van der Waals surface area contributed by atoms with Gasteiger partial charge in [-0.1, -0.05) is 215 Å². The van der Waals surface area contributed by atoms with Crippen LogP contribution in [0.3, 0.4) is 0 Å². The predicted molar refractivity (Wildman–Crippen MR) is 297 cm³/mol. The van der Waals surface area contributed by atoms with Crippen LogP contribution in [-0.2, 0) is 27.1 Å². The molecule has 15 rings (SSSR count). The SMILES string of the molecule is CC(C)(C)c1ccc(-c2c(-c3ccc(C(C)(C)C)cc3)n3c4c(cc5c(c24)C(C)(C)CCC5(C)C)B2c4c-3ccc3c4-n4c5c2cccc5c2cccc(c24)C32c3ccccc3-c3ccccc32)cc1. The molecule has 0 fully saturated rings. The molecule has 2 nitrogen and oxygen atoms in total. The number of fused-ring (bicyclic) bond motifs is 13. The smallest absolute Gasteiger partial charge is 0.252 e. The summed E-state index contributed by atoms with van der Waals surface area (Å²) in [5.41, 5.74) is 29.8. The lowest BCUT2D eigenvalue weighted by Crippen LogP contribution is -2.61. The topological polar surface area (TPSA) is 9.86 Å². The van der Waals surface area contributed by atoms with E-state index in [1.807, 2.05) is 0 Å². The molecule has 0 N–H and O–H groups in total. The third kappa shape index (κ3) is 4.78. The van der Waals surface area contributed by atoms with Crippen LogP contribution in [0.4, 0.5) is 0 Å². The van der Waals surface area contributed by atoms with Crippen LogP contribution in [0.2, 0.25) is 0 Å². The Kier molecular flexibility index (Phi) is 7.57. The summed E-state index contributed by atoms with van der Waals surface area (Å²) in [7, 11) is 0. The zero-order valence-corrected chi connectivity index (χ0v) is 42.3. The summed E-state index contributed by atoms with van der Waals surface area (Å²) >= 11 is 0. The van der Waals surface area contributed by atoms with E-state index in [1.54, 1.807) is 0 Å². The van der Waals surface area contributed by atoms with Crippen molar-refractivity contribution < 1.29 is 0 Å². The summed E-state index contributed by atoms with van der Waals surface area (Å²) < 4.78 is 5.53. The molecule has 0 radical (unpaired) electrons. The Morgan fingerprint density at radius 1 is 0.471 bits per heavy atom. The van der Waals surface area contributed by atoms with Crippen molar-refractivity contribution in [2.45, 2.75) is 109 Å². The number of para-hydroxylation sites is 2. The molecular weight excluding hydrogens is 844 g/mol. The van der Waals surface area contributed by atoms with Crippen LogP contribution in [0.1, 0.15) is 127 Å². The molecule has 3 aliphatic heterocycles. The summed E-state index contributed by atoms with van der Waals surface area (Å²) in [6.07, 6.45) is 2.30. The molecule has 0 saturated heterocycles. The lowest BCUT2D eigenvalue weighted by Gasteiger charge is -2.45. The monoisotopic (exact) mass is 902 g/mol. The number of aromatic nitrogens is 2. The van der Waals surface area contributed by atoms with E-state index in [4.69, 9.17) is 0 Å². The predicted octanol–water partition coefficient (Wildman–Crippen LogP) is 14.8. The molecule has 8 aromatic carbocycles. The molecule has 0 amide bonds. The van der Waals surface area contributed by atoms with E-state index in [1.165, 1.54) is 138 Å². The average molecular weight is 903 g/mol. The summed E-state index contributed by atoms with van der Waals surface area (Å²) in [6.45, 7) is 24.1. The highest BCUT2D eigenvalue weighted by Gasteiger charge is 2.55. The molecule has 70 heavy (non-hydrogen) atoms. The molecule has 0 unspecified atom stereocenters. The summed E-state index contributed by atoms with van der Waals surface area (Å²) in [6, 6.07) is 60.3. The lowest BCUT2D eigenvalue weighted by atomic mass is 9.33. The van der Waals surface area contributed by atoms with Crippen molar-refractivity contribution in [3.8, 4) is 44.9 Å². The minimum atomic E-state index is -0.497. The Hall–Kier alpha value is -6.84. The Balaban J connectivity index is 1.18. The van der Waals surface area contributed by atoms with Gasteiger partial charge in [-0.25, -0.2) is 0 Å². The summed E-state index contributed by atoms with van der Waals surface area (Å²) in [4.78, 5) is 0. The molecule has 1 spiro atoms. The van der Waals surface area contributed by atoms with Gasteiger partial charge >= 0.3 is 0 Å². The van der Waals surface area contributed by atoms with E-state index in [-0.39, 0.29) is 28.4 Å². The van der Waals surface area contributed by atoms with Crippen LogP contribution in [0.25, 0.3) is 77.6 Å². The van der Waals surface area contributed by atoms with Gasteiger partial charge in [-0.3, -0.25) is 0 Å². The van der Waals surface area contributed by atoms with Crippen LogP contribution in [-0.4, -0.2) is 15.8 Å². The second kappa shape index (κ2) is 12.9. The van der Waals surface area contributed by atoms with Crippen LogP contribution >= 0.6 is 0 Å². The fourth-order valence-electron chi connectivity index (χ4n) is 14.9. The van der Waals surface area contributed by atoms with Crippen LogP contribution in [0, 0.1) is 0 Å². The van der Waals surface area contributed by atoms with Gasteiger partial charge in [0.15, 0.2) is 0 Å². The fourth-order valence-corrected chi connectivity index (χ4v) is 14.9. The van der Waals surface area contributed by atoms with Gasteiger partial charge in [0, 0.05) is 44.1 Å². The van der Waals surface area contributed by atoms with E-state index >= 15 is 0 Å². The summed E-state index contributed by atoms with van der Waals surface area (Å²) in [5.74, 6) is 0. The first-order valence-electron chi connectivity index (χ1n) is 25.9. The van der Waals surface area contributed by atoms with Gasteiger partial charge in [-0.2, -0.15) is 0 Å². The van der Waals surface area contributed by atoms with Gasteiger partial charge in [0.25, 0.3) is 6.71 Å². The van der Waals surface area contributed by atoms with Crippen molar-refractivity contribution >= 4 is 55.8 Å². The minimum Gasteiger partial charge on any atom is -0.310 e. The second-order valence-electron chi connectivity index (χ2n) is 25.0. The molecule has 340 valence electrons. The Bertz CT molecular complexity index is 3960. The standard InChI is InChI=1S/C67H59BN2/c1-63(2,3)40-29-25-38(26-30-40)54-55-56-50(65(7,8)35-36-66(56,9)10)37-52-62(55)69(58(54)39-27-31-41(32-28-39)64(4,5)6)53-34-33-49-61-57(53)68(52)51-24-16-20-45-44-19-15-23-48(59(44)70(61)60(45)51)67(49)46-21-13-11-17-42(46)43-18-12-14-22-47(43)67/h11-34,37H,35-36H2,1-10H3. The second-order valence-corrected chi connectivity index (χ2v) is 25.0. The number of rotatable bonds is 2. The molecule has 0 atom stereocenters. The maximum absolute atomic E-state index is 2.78. The van der Waals surface area contributed by atoms with E-state index in [0.717, 1.165) is 12.8 Å². The molecule has 5 heterocycles. The highest BCUT2D eigenvalue weighted by molar-refractivity contribution is 7.00. The van der Waals surface area contributed by atoms with Crippen LogP contribution in [0.5, 0.6) is 0 Å². The molecular formula is C67H59BN2. The molecule has 10 aromatic rings. The lowest BCUT2D eigenvalue weighted by molar-refractivity contribution is 0.335. The fraction of sp³-hybridized carbons (Fsp3) is 0.254. The Labute approximate surface area is 413 Å². The van der Waals surface area contributed by atoms with Crippen molar-refractivity contribution in [1.29, 1.82) is 0 Å². The quantitative estimate of drug-likeness (QED) is 0.153. The zero-order valence-electron chi connectivity index (χ0n) is 42.3. The first-order valence-corrected chi connectivity index (χ1v) is 25.9. The van der Waals surface area contributed by atoms with Gasteiger partial charge in [0.1, 0.15) is 0 Å². The van der Waals surface area contributed by atoms with Crippen molar-refractivity contribution in [1.82, 2.24) is 9.13 Å². The summed E-state index contributed by atoms with van der Waals surface area (Å²) in [5, 5.41) is 4.14. The van der Waals surface area contributed by atoms with Gasteiger partial charge < -0.3 is 9.13 Å². The third-order valence-corrected chi connectivity index (χ3v) is 18.3. The molecule has 5 aliphatic rings. The maximum atomic E-state index is 2.78. The van der Waals surface area contributed by atoms with Gasteiger partial charge in [0.05, 0.1) is 16.6 Å². The molecule has 0 saturated carbocycles. The number of benzene rings is 8. The van der Waals surface area contributed by atoms with Gasteiger partial charge in [0.2, 0.25) is 0 Å². The molecule has 0 bridgehead atoms. The van der Waals surface area contributed by atoms with Crippen molar-refractivity contribution in [2.75, 3.05) is 0 Å². The molecule has 2 aromatic heterocycles. The highest BCUT2D eigenvalue weighted by atomic mass is 15.1. The Morgan fingerprint density at radius 3 is 1.69 bits per heavy atom. The van der Waals surface area contributed by atoms with Crippen molar-refractivity contribution in [2.24, 2.45) is 0 Å². The van der Waals surface area contributed by atoms with Crippen molar-refractivity contribution in [3.05, 3.63) is 196 Å². The van der Waals surface area contributed by atoms with E-state index in [0.29, 0.717) is 0 Å². The first-order chi connectivity index (χ1) is 33.5. The van der Waals surface area contributed by atoms with Crippen LogP contribution < -0.4 is 16.4 Å². The number of hydrogen-bond donors (Lipinski definition) is 0. The van der Waals surface area contributed by atoms with Crippen LogP contribution in [0.15, 0.2) is 152 Å². The normalized spacial score (nSPS) is 16.9. The van der Waals surface area contributed by atoms with E-state index in [9.17, 15) is 0 Å². The zero-order chi connectivity index (χ0) is 47.8. The van der Waals surface area contributed by atoms with Gasteiger partial charge in [-0.15, -0.1) is 0 Å². The Morgan fingerprint density at radius 2 is 1.04 bits per heavy atom. The largest absolute Gasteiger partial charge is 0.310 e. The highest BCUT2D eigenvalue weighted by Crippen LogP contribution is 2.62. The van der Waals surface area contributed by atoms with E-state index < -0.39 is 5.41 Å². The van der Waals surface area contributed by atoms with Crippen molar-refractivity contribution in [3.63, 3.8) is 0 Å². The maximum Gasteiger partial charge on any atom is 0.252 e.